The minimum atomic E-state index is 0.314. The van der Waals surface area contributed by atoms with Gasteiger partial charge in [0.15, 0.2) is 0 Å². The van der Waals surface area contributed by atoms with Crippen molar-refractivity contribution in [2.75, 3.05) is 13.1 Å². The van der Waals surface area contributed by atoms with Crippen LogP contribution < -0.4 is 0 Å². The van der Waals surface area contributed by atoms with E-state index >= 15 is 0 Å². The molecule has 2 heterocycles. The number of rotatable bonds is 5. The Morgan fingerprint density at radius 2 is 2.26 bits per heavy atom. The average molecular weight is 263 g/mol. The summed E-state index contributed by atoms with van der Waals surface area (Å²) in [5, 5.41) is 0. The molecule has 1 unspecified atom stereocenters. The molecule has 0 aliphatic carbocycles. The summed E-state index contributed by atoms with van der Waals surface area (Å²) >= 11 is 0. The Bertz CT molecular complexity index is 413. The Kier molecular flexibility index (Phi) is 5.14. The van der Waals surface area contributed by atoms with Crippen LogP contribution in [0.3, 0.4) is 0 Å². The molecule has 0 spiro atoms. The summed E-state index contributed by atoms with van der Waals surface area (Å²) in [5.41, 5.74) is 0. The number of nitrogens with zero attached hydrogens (tertiary/aromatic N) is 3. The number of imidazole rings is 1. The molecule has 4 nitrogen and oxygen atoms in total. The van der Waals surface area contributed by atoms with Crippen LogP contribution in [-0.4, -0.2) is 39.4 Å². The fourth-order valence-electron chi connectivity index (χ4n) is 2.98. The summed E-state index contributed by atoms with van der Waals surface area (Å²) in [6.07, 6.45) is 10.5. The fourth-order valence-corrected chi connectivity index (χ4v) is 2.98. The van der Waals surface area contributed by atoms with Crippen LogP contribution in [0.15, 0.2) is 12.4 Å². The second-order valence-electron chi connectivity index (χ2n) is 5.65. The minimum absolute atomic E-state index is 0.314. The molecule has 19 heavy (non-hydrogen) atoms. The van der Waals surface area contributed by atoms with E-state index in [1.54, 1.807) is 6.92 Å². The van der Waals surface area contributed by atoms with Crippen LogP contribution in [0, 0.1) is 0 Å². The molecule has 1 atom stereocenters. The highest BCUT2D eigenvalue weighted by atomic mass is 16.1. The van der Waals surface area contributed by atoms with Crippen molar-refractivity contribution in [1.29, 1.82) is 0 Å². The molecule has 1 aliphatic heterocycles. The molecule has 106 valence electrons. The predicted molar refractivity (Wildman–Crippen MR) is 76.0 cm³/mol. The van der Waals surface area contributed by atoms with Gasteiger partial charge in [0.25, 0.3) is 0 Å². The quantitative estimate of drug-likeness (QED) is 0.817. The van der Waals surface area contributed by atoms with Crippen molar-refractivity contribution in [1.82, 2.24) is 14.5 Å². The van der Waals surface area contributed by atoms with Crippen LogP contribution in [0.4, 0.5) is 0 Å². The number of Topliss-reactive ketones (excluding diaryl/α,β-unsaturated/α-hetero) is 1. The Morgan fingerprint density at radius 3 is 2.95 bits per heavy atom. The van der Waals surface area contributed by atoms with Crippen molar-refractivity contribution >= 4 is 5.78 Å². The molecular weight excluding hydrogens is 238 g/mol. The maximum atomic E-state index is 11.4. The first kappa shape index (κ1) is 14.3. The number of hydrogen-bond acceptors (Lipinski definition) is 3. The van der Waals surface area contributed by atoms with Crippen LogP contribution in [0.5, 0.6) is 0 Å². The van der Waals surface area contributed by atoms with E-state index in [-0.39, 0.29) is 0 Å². The molecule has 1 saturated heterocycles. The number of carbonyl (C=O) groups is 1. The van der Waals surface area contributed by atoms with Gasteiger partial charge < -0.3 is 4.57 Å². The Labute approximate surface area is 115 Å². The van der Waals surface area contributed by atoms with E-state index in [0.29, 0.717) is 18.2 Å². The molecule has 1 aliphatic rings. The van der Waals surface area contributed by atoms with Crippen LogP contribution in [-0.2, 0) is 18.3 Å². The second-order valence-corrected chi connectivity index (χ2v) is 5.65. The first-order valence-electron chi connectivity index (χ1n) is 7.36. The summed E-state index contributed by atoms with van der Waals surface area (Å²) in [6, 6.07) is 0.445. The van der Waals surface area contributed by atoms with Gasteiger partial charge in [-0.1, -0.05) is 12.8 Å². The summed E-state index contributed by atoms with van der Waals surface area (Å²) in [7, 11) is 2.04. The van der Waals surface area contributed by atoms with Crippen molar-refractivity contribution in [3.63, 3.8) is 0 Å². The van der Waals surface area contributed by atoms with Gasteiger partial charge in [-0.25, -0.2) is 4.98 Å². The third kappa shape index (κ3) is 4.16. The van der Waals surface area contributed by atoms with Gasteiger partial charge in [-0.05, 0) is 26.3 Å². The number of aryl methyl sites for hydroxylation is 1. The Balaban J connectivity index is 1.94. The van der Waals surface area contributed by atoms with Gasteiger partial charge in [0.05, 0.1) is 0 Å². The topological polar surface area (TPSA) is 38.1 Å². The first-order chi connectivity index (χ1) is 9.16. The van der Waals surface area contributed by atoms with Crippen molar-refractivity contribution in [2.24, 2.45) is 7.05 Å². The lowest BCUT2D eigenvalue weighted by molar-refractivity contribution is -0.118. The molecule has 0 aromatic carbocycles. The standard InChI is InChI=1S/C15H25N3O/c1-13(19)12-14-6-4-3-5-9-18(14)10-7-15-16-8-11-17(15)2/h8,11,14H,3-7,9-10,12H2,1-2H3. The summed E-state index contributed by atoms with van der Waals surface area (Å²) in [6.45, 7) is 3.85. The molecule has 4 heteroatoms. The lowest BCUT2D eigenvalue weighted by Gasteiger charge is -2.29. The number of carbonyl (C=O) groups excluding carboxylic acids is 1. The van der Waals surface area contributed by atoms with Gasteiger partial charge in [-0.15, -0.1) is 0 Å². The van der Waals surface area contributed by atoms with Gasteiger partial charge in [0.2, 0.25) is 0 Å². The normalized spacial score (nSPS) is 21.3. The number of ketones is 1. The fraction of sp³-hybridized carbons (Fsp3) is 0.733. The molecule has 0 bridgehead atoms. The lowest BCUT2D eigenvalue weighted by atomic mass is 10.0. The summed E-state index contributed by atoms with van der Waals surface area (Å²) in [5.74, 6) is 1.44. The largest absolute Gasteiger partial charge is 0.338 e. The van der Waals surface area contributed by atoms with Gasteiger partial charge in [0.1, 0.15) is 11.6 Å². The number of likely N-dealkylation sites (tertiary alicyclic amines) is 1. The molecule has 1 aromatic heterocycles. The molecule has 0 radical (unpaired) electrons. The average Bonchev–Trinajstić information content (AvgIpc) is 2.64. The van der Waals surface area contributed by atoms with Crippen molar-refractivity contribution in [2.45, 2.75) is 51.5 Å². The van der Waals surface area contributed by atoms with E-state index in [1.807, 2.05) is 19.4 Å². The minimum Gasteiger partial charge on any atom is -0.338 e. The maximum absolute atomic E-state index is 11.4. The molecule has 0 amide bonds. The maximum Gasteiger partial charge on any atom is 0.131 e. The van der Waals surface area contributed by atoms with E-state index in [2.05, 4.69) is 14.5 Å². The molecule has 1 fully saturated rings. The van der Waals surface area contributed by atoms with E-state index in [0.717, 1.165) is 25.3 Å². The highest BCUT2D eigenvalue weighted by Gasteiger charge is 2.22. The zero-order chi connectivity index (χ0) is 13.7. The van der Waals surface area contributed by atoms with Gasteiger partial charge in [-0.3, -0.25) is 9.69 Å². The SMILES string of the molecule is CC(=O)CC1CCCCCN1CCc1nccn1C. The van der Waals surface area contributed by atoms with E-state index < -0.39 is 0 Å². The molecular formula is C15H25N3O. The predicted octanol–water partition coefficient (Wildman–Crippen LogP) is 2.19. The number of aromatic nitrogens is 2. The van der Waals surface area contributed by atoms with Crippen LogP contribution >= 0.6 is 0 Å². The zero-order valence-electron chi connectivity index (χ0n) is 12.1. The Morgan fingerprint density at radius 1 is 1.42 bits per heavy atom. The summed E-state index contributed by atoms with van der Waals surface area (Å²) < 4.78 is 2.08. The molecule has 0 saturated carbocycles. The van der Waals surface area contributed by atoms with Crippen molar-refractivity contribution < 1.29 is 4.79 Å². The van der Waals surface area contributed by atoms with Gasteiger partial charge >= 0.3 is 0 Å². The van der Waals surface area contributed by atoms with Gasteiger partial charge in [-0.2, -0.15) is 0 Å². The monoisotopic (exact) mass is 263 g/mol. The number of hydrogen-bond donors (Lipinski definition) is 0. The first-order valence-corrected chi connectivity index (χ1v) is 7.36. The third-order valence-electron chi connectivity index (χ3n) is 4.07. The van der Waals surface area contributed by atoms with E-state index in [4.69, 9.17) is 0 Å². The van der Waals surface area contributed by atoms with E-state index in [1.165, 1.54) is 25.7 Å². The Hall–Kier alpha value is -1.16. The van der Waals surface area contributed by atoms with Crippen LogP contribution in [0.25, 0.3) is 0 Å². The molecule has 1 aromatic rings. The highest BCUT2D eigenvalue weighted by molar-refractivity contribution is 5.76. The third-order valence-corrected chi connectivity index (χ3v) is 4.07. The highest BCUT2D eigenvalue weighted by Crippen LogP contribution is 2.19. The molecule has 2 rings (SSSR count). The second kappa shape index (κ2) is 6.85. The van der Waals surface area contributed by atoms with Crippen molar-refractivity contribution in [3.05, 3.63) is 18.2 Å². The smallest absolute Gasteiger partial charge is 0.131 e. The van der Waals surface area contributed by atoms with Crippen LogP contribution in [0.1, 0.15) is 44.9 Å². The molecule has 0 N–H and O–H groups in total. The summed E-state index contributed by atoms with van der Waals surface area (Å²) in [4.78, 5) is 18.3. The van der Waals surface area contributed by atoms with Gasteiger partial charge in [0, 0.05) is 44.9 Å². The zero-order valence-corrected chi connectivity index (χ0v) is 12.1. The van der Waals surface area contributed by atoms with Crippen molar-refractivity contribution in [3.8, 4) is 0 Å². The van der Waals surface area contributed by atoms with Crippen LogP contribution in [0.2, 0.25) is 0 Å². The van der Waals surface area contributed by atoms with E-state index in [9.17, 15) is 4.79 Å². The lowest BCUT2D eigenvalue weighted by Crippen LogP contribution is -2.37.